The van der Waals surface area contributed by atoms with Crippen LogP contribution in [0.25, 0.3) is 0 Å². The molecule has 26 heavy (non-hydrogen) atoms. The van der Waals surface area contributed by atoms with Gasteiger partial charge in [-0.1, -0.05) is 12.1 Å². The highest BCUT2D eigenvalue weighted by Gasteiger charge is 2.47. The lowest BCUT2D eigenvalue weighted by Gasteiger charge is -2.45. The first-order valence-electron chi connectivity index (χ1n) is 8.80. The van der Waals surface area contributed by atoms with E-state index in [9.17, 15) is 14.0 Å². The maximum Gasteiger partial charge on any atom is 0.273 e. The van der Waals surface area contributed by atoms with Crippen LogP contribution in [0.3, 0.4) is 0 Å². The molecule has 2 amide bonds. The van der Waals surface area contributed by atoms with Gasteiger partial charge in [0, 0.05) is 37.0 Å². The van der Waals surface area contributed by atoms with Gasteiger partial charge < -0.3 is 9.80 Å². The number of rotatable bonds is 3. The van der Waals surface area contributed by atoms with Crippen molar-refractivity contribution in [2.75, 3.05) is 13.1 Å². The van der Waals surface area contributed by atoms with Crippen molar-refractivity contribution in [3.63, 3.8) is 0 Å². The number of hydrogen-bond donors (Lipinski definition) is 0. The van der Waals surface area contributed by atoms with Gasteiger partial charge in [0.05, 0.1) is 5.51 Å². The number of nitrogens with zero attached hydrogens (tertiary/aromatic N) is 3. The van der Waals surface area contributed by atoms with E-state index in [1.54, 1.807) is 23.0 Å². The second kappa shape index (κ2) is 6.79. The molecule has 2 fully saturated rings. The zero-order valence-electron chi connectivity index (χ0n) is 14.4. The molecule has 0 atom stereocenters. The molecular formula is C19H20FN3O2S. The minimum absolute atomic E-state index is 0.0319. The van der Waals surface area contributed by atoms with Gasteiger partial charge in [-0.2, -0.15) is 0 Å². The van der Waals surface area contributed by atoms with E-state index < -0.39 is 0 Å². The third-order valence-corrected chi connectivity index (χ3v) is 6.15. The Morgan fingerprint density at radius 1 is 1.19 bits per heavy atom. The molecule has 1 aromatic carbocycles. The van der Waals surface area contributed by atoms with Gasteiger partial charge in [-0.25, -0.2) is 9.37 Å². The van der Waals surface area contributed by atoms with Crippen LogP contribution in [0.4, 0.5) is 4.39 Å². The summed E-state index contributed by atoms with van der Waals surface area (Å²) in [5.74, 6) is -0.158. The zero-order chi connectivity index (χ0) is 18.1. The summed E-state index contributed by atoms with van der Waals surface area (Å²) >= 11 is 1.42. The zero-order valence-corrected chi connectivity index (χ0v) is 15.2. The molecular weight excluding hydrogens is 353 g/mol. The van der Waals surface area contributed by atoms with Crippen molar-refractivity contribution in [3.8, 4) is 0 Å². The number of halogens is 1. The Kier molecular flexibility index (Phi) is 4.48. The van der Waals surface area contributed by atoms with Crippen LogP contribution in [-0.4, -0.2) is 45.2 Å². The van der Waals surface area contributed by atoms with E-state index in [2.05, 4.69) is 4.98 Å². The summed E-state index contributed by atoms with van der Waals surface area (Å²) < 4.78 is 13.1. The van der Waals surface area contributed by atoms with Crippen LogP contribution >= 0.6 is 11.3 Å². The van der Waals surface area contributed by atoms with Gasteiger partial charge in [0.25, 0.3) is 5.91 Å². The summed E-state index contributed by atoms with van der Waals surface area (Å²) in [6.07, 6.45) is 2.92. The van der Waals surface area contributed by atoms with Crippen molar-refractivity contribution in [2.45, 2.75) is 37.8 Å². The number of aromatic nitrogens is 1. The van der Waals surface area contributed by atoms with E-state index in [4.69, 9.17) is 0 Å². The number of likely N-dealkylation sites (tertiary alicyclic amines) is 2. The minimum atomic E-state index is -0.273. The van der Waals surface area contributed by atoms with E-state index >= 15 is 0 Å². The van der Waals surface area contributed by atoms with Crippen LogP contribution in [0.15, 0.2) is 35.2 Å². The topological polar surface area (TPSA) is 53.5 Å². The lowest BCUT2D eigenvalue weighted by atomic mass is 9.84. The lowest BCUT2D eigenvalue weighted by molar-refractivity contribution is -0.133. The Labute approximate surface area is 155 Å². The standard InChI is InChI=1S/C19H20FN3O2S/c20-15-3-1-14(2-4-15)11-23-17(24)5-6-19(23)7-9-22(10-8-19)18(25)16-12-26-13-21-16/h1-4,12-13H,5-11H2. The second-order valence-electron chi connectivity index (χ2n) is 7.00. The van der Waals surface area contributed by atoms with Gasteiger partial charge in [0.15, 0.2) is 0 Å². The number of amides is 2. The van der Waals surface area contributed by atoms with Crippen LogP contribution in [0, 0.1) is 5.82 Å². The largest absolute Gasteiger partial charge is 0.337 e. The molecule has 136 valence electrons. The van der Waals surface area contributed by atoms with Crippen LogP contribution in [0.1, 0.15) is 41.7 Å². The fourth-order valence-electron chi connectivity index (χ4n) is 4.03. The molecule has 1 spiro atoms. The lowest BCUT2D eigenvalue weighted by Crippen LogP contribution is -2.53. The fourth-order valence-corrected chi connectivity index (χ4v) is 4.55. The Bertz CT molecular complexity index is 799. The predicted octanol–water partition coefficient (Wildman–Crippen LogP) is 3.08. The molecule has 0 radical (unpaired) electrons. The molecule has 2 aromatic rings. The second-order valence-corrected chi connectivity index (χ2v) is 7.72. The van der Waals surface area contributed by atoms with Crippen molar-refractivity contribution in [1.82, 2.24) is 14.8 Å². The van der Waals surface area contributed by atoms with Crippen molar-refractivity contribution in [1.29, 1.82) is 0 Å². The maximum absolute atomic E-state index is 13.1. The van der Waals surface area contributed by atoms with E-state index in [0.717, 1.165) is 24.8 Å². The van der Waals surface area contributed by atoms with Crippen molar-refractivity contribution < 1.29 is 14.0 Å². The van der Waals surface area contributed by atoms with E-state index in [-0.39, 0.29) is 23.2 Å². The number of thiazole rings is 1. The minimum Gasteiger partial charge on any atom is -0.337 e. The van der Waals surface area contributed by atoms with Gasteiger partial charge in [0.2, 0.25) is 5.91 Å². The molecule has 1 aromatic heterocycles. The quantitative estimate of drug-likeness (QED) is 0.831. The van der Waals surface area contributed by atoms with E-state index in [1.807, 2.05) is 9.80 Å². The number of carbonyl (C=O) groups excluding carboxylic acids is 2. The molecule has 2 saturated heterocycles. The van der Waals surface area contributed by atoms with Crippen molar-refractivity contribution in [3.05, 3.63) is 52.2 Å². The van der Waals surface area contributed by atoms with Crippen molar-refractivity contribution >= 4 is 23.2 Å². The molecule has 4 rings (SSSR count). The number of carbonyl (C=O) groups is 2. The first-order chi connectivity index (χ1) is 12.6. The predicted molar refractivity (Wildman–Crippen MR) is 96.2 cm³/mol. The summed E-state index contributed by atoms with van der Waals surface area (Å²) in [6.45, 7) is 1.76. The Hall–Kier alpha value is -2.28. The maximum atomic E-state index is 13.1. The third kappa shape index (κ3) is 3.11. The van der Waals surface area contributed by atoms with Crippen LogP contribution in [-0.2, 0) is 11.3 Å². The number of hydrogen-bond acceptors (Lipinski definition) is 4. The Balaban J connectivity index is 1.46. The van der Waals surface area contributed by atoms with E-state index in [1.165, 1.54) is 23.5 Å². The average molecular weight is 373 g/mol. The van der Waals surface area contributed by atoms with Gasteiger partial charge in [-0.15, -0.1) is 11.3 Å². The van der Waals surface area contributed by atoms with Crippen LogP contribution < -0.4 is 0 Å². The molecule has 3 heterocycles. The molecule has 0 saturated carbocycles. The fraction of sp³-hybridized carbons (Fsp3) is 0.421. The highest BCUT2D eigenvalue weighted by atomic mass is 32.1. The average Bonchev–Trinajstić information content (AvgIpc) is 3.29. The summed E-state index contributed by atoms with van der Waals surface area (Å²) in [6, 6.07) is 6.32. The molecule has 0 unspecified atom stereocenters. The molecule has 0 aliphatic carbocycles. The first-order valence-corrected chi connectivity index (χ1v) is 9.74. The molecule has 2 aliphatic rings. The summed E-state index contributed by atoms with van der Waals surface area (Å²) in [5, 5.41) is 1.77. The molecule has 7 heteroatoms. The normalized spacial score (nSPS) is 19.3. The number of benzene rings is 1. The molecule has 0 N–H and O–H groups in total. The SMILES string of the molecule is O=C(c1cscn1)N1CCC2(CCC(=O)N2Cc2ccc(F)cc2)CC1. The Morgan fingerprint density at radius 2 is 1.92 bits per heavy atom. The van der Waals surface area contributed by atoms with Gasteiger partial charge in [-0.05, 0) is 37.0 Å². The summed E-state index contributed by atoms with van der Waals surface area (Å²) in [4.78, 5) is 32.9. The highest BCUT2D eigenvalue weighted by molar-refractivity contribution is 7.07. The molecule has 2 aliphatic heterocycles. The smallest absolute Gasteiger partial charge is 0.273 e. The summed E-state index contributed by atoms with van der Waals surface area (Å²) in [5.41, 5.74) is 2.90. The number of piperidine rings is 1. The Morgan fingerprint density at radius 3 is 2.58 bits per heavy atom. The van der Waals surface area contributed by atoms with Gasteiger partial charge in [-0.3, -0.25) is 9.59 Å². The van der Waals surface area contributed by atoms with Gasteiger partial charge >= 0.3 is 0 Å². The van der Waals surface area contributed by atoms with E-state index in [0.29, 0.717) is 31.7 Å². The molecule has 5 nitrogen and oxygen atoms in total. The third-order valence-electron chi connectivity index (χ3n) is 5.56. The highest BCUT2D eigenvalue weighted by Crippen LogP contribution is 2.40. The van der Waals surface area contributed by atoms with Crippen LogP contribution in [0.2, 0.25) is 0 Å². The van der Waals surface area contributed by atoms with Crippen LogP contribution in [0.5, 0.6) is 0 Å². The summed E-state index contributed by atoms with van der Waals surface area (Å²) in [7, 11) is 0. The first kappa shape index (κ1) is 17.1. The van der Waals surface area contributed by atoms with Crippen molar-refractivity contribution in [2.24, 2.45) is 0 Å². The monoisotopic (exact) mass is 373 g/mol. The van der Waals surface area contributed by atoms with Gasteiger partial charge in [0.1, 0.15) is 11.5 Å². The molecule has 0 bridgehead atoms.